The molecule has 0 aliphatic heterocycles. The van der Waals surface area contributed by atoms with Gasteiger partial charge in [-0.25, -0.2) is 8.42 Å². The third kappa shape index (κ3) is 5.28. The van der Waals surface area contributed by atoms with E-state index in [0.29, 0.717) is 16.5 Å². The maximum Gasteiger partial charge on any atom is 0.307 e. The van der Waals surface area contributed by atoms with Gasteiger partial charge in [0.1, 0.15) is 10.6 Å². The van der Waals surface area contributed by atoms with Gasteiger partial charge in [0.05, 0.1) is 30.8 Å². The lowest BCUT2D eigenvalue weighted by Crippen LogP contribution is -2.33. The Balaban J connectivity index is 2.44. The fourth-order valence-electron chi connectivity index (χ4n) is 2.37. The third-order valence-electron chi connectivity index (χ3n) is 3.65. The number of hydrogen-bond donors (Lipinski definition) is 0. The SMILES string of the molecule is CCOC(=O)CCN(c1ccc(OC)cc1)S(=O)(=O)c1ccc(Cl)cc1Cl. The van der Waals surface area contributed by atoms with E-state index in [1.165, 1.54) is 25.3 Å². The van der Waals surface area contributed by atoms with Crippen molar-refractivity contribution in [1.29, 1.82) is 0 Å². The number of hydrogen-bond acceptors (Lipinski definition) is 5. The zero-order valence-electron chi connectivity index (χ0n) is 14.8. The fourth-order valence-corrected chi connectivity index (χ4v) is 4.58. The average molecular weight is 432 g/mol. The molecule has 0 saturated heterocycles. The van der Waals surface area contributed by atoms with E-state index in [1.807, 2.05) is 0 Å². The van der Waals surface area contributed by atoms with Crippen LogP contribution in [0.5, 0.6) is 5.75 Å². The standard InChI is InChI=1S/C18H19Cl2NO5S/c1-3-26-18(22)10-11-21(14-5-7-15(25-2)8-6-14)27(23,24)17-9-4-13(19)12-16(17)20/h4-9,12H,3,10-11H2,1-2H3. The highest BCUT2D eigenvalue weighted by atomic mass is 35.5. The van der Waals surface area contributed by atoms with E-state index in [4.69, 9.17) is 32.7 Å². The zero-order valence-corrected chi connectivity index (χ0v) is 17.1. The van der Waals surface area contributed by atoms with Crippen molar-refractivity contribution in [3.63, 3.8) is 0 Å². The number of nitrogens with zero attached hydrogens (tertiary/aromatic N) is 1. The molecule has 0 fully saturated rings. The Labute approximate surface area is 168 Å². The van der Waals surface area contributed by atoms with Gasteiger partial charge in [-0.15, -0.1) is 0 Å². The quantitative estimate of drug-likeness (QED) is 0.586. The minimum Gasteiger partial charge on any atom is -0.497 e. The lowest BCUT2D eigenvalue weighted by Gasteiger charge is -2.25. The van der Waals surface area contributed by atoms with Crippen molar-refractivity contribution in [2.45, 2.75) is 18.2 Å². The maximum atomic E-state index is 13.2. The molecule has 0 aromatic heterocycles. The highest BCUT2D eigenvalue weighted by Gasteiger charge is 2.28. The average Bonchev–Trinajstić information content (AvgIpc) is 2.62. The van der Waals surface area contributed by atoms with Crippen molar-refractivity contribution < 1.29 is 22.7 Å². The summed E-state index contributed by atoms with van der Waals surface area (Å²) >= 11 is 12.0. The van der Waals surface area contributed by atoms with E-state index in [2.05, 4.69) is 0 Å². The molecule has 0 spiro atoms. The summed E-state index contributed by atoms with van der Waals surface area (Å²) in [7, 11) is -2.53. The number of anilines is 1. The molecule has 0 aliphatic rings. The van der Waals surface area contributed by atoms with Crippen LogP contribution in [0.25, 0.3) is 0 Å². The first kappa shape index (κ1) is 21.3. The van der Waals surface area contributed by atoms with Crippen LogP contribution in [0.1, 0.15) is 13.3 Å². The van der Waals surface area contributed by atoms with E-state index < -0.39 is 16.0 Å². The van der Waals surface area contributed by atoms with Gasteiger partial charge in [0, 0.05) is 11.6 Å². The first-order valence-corrected chi connectivity index (χ1v) is 10.3. The Hall–Kier alpha value is -1.96. The number of sulfonamides is 1. The Kier molecular flexibility index (Phi) is 7.35. The van der Waals surface area contributed by atoms with Crippen molar-refractivity contribution in [3.8, 4) is 5.75 Å². The molecule has 6 nitrogen and oxygen atoms in total. The topological polar surface area (TPSA) is 72.9 Å². The van der Waals surface area contributed by atoms with Crippen molar-refractivity contribution in [3.05, 3.63) is 52.5 Å². The van der Waals surface area contributed by atoms with Crippen LogP contribution in [0.4, 0.5) is 5.69 Å². The zero-order chi connectivity index (χ0) is 20.0. The van der Waals surface area contributed by atoms with Crippen LogP contribution >= 0.6 is 23.2 Å². The van der Waals surface area contributed by atoms with Gasteiger partial charge in [-0.2, -0.15) is 0 Å². The number of rotatable bonds is 8. The Bertz CT molecular complexity index is 900. The van der Waals surface area contributed by atoms with E-state index in [1.54, 1.807) is 31.2 Å². The van der Waals surface area contributed by atoms with Crippen LogP contribution in [0, 0.1) is 0 Å². The molecule has 0 N–H and O–H groups in total. The lowest BCUT2D eigenvalue weighted by atomic mass is 10.3. The number of benzene rings is 2. The van der Waals surface area contributed by atoms with Crippen LogP contribution in [0.3, 0.4) is 0 Å². The van der Waals surface area contributed by atoms with Crippen LogP contribution < -0.4 is 9.04 Å². The second-order valence-electron chi connectivity index (χ2n) is 5.40. The molecule has 0 bridgehead atoms. The van der Waals surface area contributed by atoms with Crippen molar-refractivity contribution in [2.24, 2.45) is 0 Å². The molecule has 0 saturated carbocycles. The normalized spacial score (nSPS) is 11.1. The van der Waals surface area contributed by atoms with Gasteiger partial charge in [-0.3, -0.25) is 9.10 Å². The molecule has 2 aromatic carbocycles. The summed E-state index contributed by atoms with van der Waals surface area (Å²) in [5, 5.41) is 0.318. The first-order chi connectivity index (χ1) is 12.8. The van der Waals surface area contributed by atoms with Crippen LogP contribution in [-0.2, 0) is 19.6 Å². The van der Waals surface area contributed by atoms with Gasteiger partial charge < -0.3 is 9.47 Å². The summed E-state index contributed by atoms with van der Waals surface area (Å²) in [5.74, 6) is 0.0828. The Morgan fingerprint density at radius 2 is 1.78 bits per heavy atom. The van der Waals surface area contributed by atoms with E-state index in [9.17, 15) is 13.2 Å². The molecule has 2 rings (SSSR count). The van der Waals surface area contributed by atoms with Crippen LogP contribution in [-0.4, -0.2) is 34.6 Å². The van der Waals surface area contributed by atoms with E-state index in [-0.39, 0.29) is 29.5 Å². The summed E-state index contributed by atoms with van der Waals surface area (Å²) in [6, 6.07) is 10.6. The summed E-state index contributed by atoms with van der Waals surface area (Å²) in [5.41, 5.74) is 0.367. The van der Waals surface area contributed by atoms with Crippen molar-refractivity contribution in [1.82, 2.24) is 0 Å². The molecular weight excluding hydrogens is 413 g/mol. The largest absolute Gasteiger partial charge is 0.497 e. The van der Waals surface area contributed by atoms with E-state index in [0.717, 1.165) is 4.31 Å². The monoisotopic (exact) mass is 431 g/mol. The number of halogens is 2. The first-order valence-electron chi connectivity index (χ1n) is 8.07. The molecule has 0 heterocycles. The Morgan fingerprint density at radius 1 is 1.11 bits per heavy atom. The van der Waals surface area contributed by atoms with Gasteiger partial charge in [0.15, 0.2) is 0 Å². The minimum atomic E-state index is -4.04. The van der Waals surface area contributed by atoms with Crippen molar-refractivity contribution >= 4 is 44.9 Å². The number of carbonyl (C=O) groups is 1. The lowest BCUT2D eigenvalue weighted by molar-refractivity contribution is -0.142. The second kappa shape index (κ2) is 9.30. The molecule has 27 heavy (non-hydrogen) atoms. The van der Waals surface area contributed by atoms with Gasteiger partial charge in [0.2, 0.25) is 0 Å². The summed E-state index contributed by atoms with van der Waals surface area (Å²) in [6.45, 7) is 1.80. The molecule has 2 aromatic rings. The minimum absolute atomic E-state index is 0.00264. The molecule has 0 amide bonds. The van der Waals surface area contributed by atoms with Gasteiger partial charge in [-0.1, -0.05) is 23.2 Å². The summed E-state index contributed by atoms with van der Waals surface area (Å²) in [6.07, 6.45) is -0.107. The number of methoxy groups -OCH3 is 1. The maximum absolute atomic E-state index is 13.2. The second-order valence-corrected chi connectivity index (χ2v) is 8.08. The van der Waals surface area contributed by atoms with Gasteiger partial charge in [0.25, 0.3) is 10.0 Å². The molecule has 146 valence electrons. The van der Waals surface area contributed by atoms with Crippen LogP contribution in [0.15, 0.2) is 47.4 Å². The summed E-state index contributed by atoms with van der Waals surface area (Å²) in [4.78, 5) is 11.6. The van der Waals surface area contributed by atoms with E-state index >= 15 is 0 Å². The molecule has 0 unspecified atom stereocenters. The molecule has 0 aliphatic carbocycles. The number of esters is 1. The molecular formula is C18H19Cl2NO5S. The third-order valence-corrected chi connectivity index (χ3v) is 6.19. The van der Waals surface area contributed by atoms with Crippen LogP contribution in [0.2, 0.25) is 10.0 Å². The van der Waals surface area contributed by atoms with Crippen molar-refractivity contribution in [2.75, 3.05) is 24.6 Å². The van der Waals surface area contributed by atoms with Gasteiger partial charge >= 0.3 is 5.97 Å². The fraction of sp³-hybridized carbons (Fsp3) is 0.278. The summed E-state index contributed by atoms with van der Waals surface area (Å²) < 4.78 is 37.5. The number of carbonyl (C=O) groups excluding carboxylic acids is 1. The molecule has 0 radical (unpaired) electrons. The number of ether oxygens (including phenoxy) is 2. The predicted molar refractivity (Wildman–Crippen MR) is 105 cm³/mol. The molecule has 0 atom stereocenters. The highest BCUT2D eigenvalue weighted by molar-refractivity contribution is 7.93. The van der Waals surface area contributed by atoms with Gasteiger partial charge in [-0.05, 0) is 49.4 Å². The molecule has 9 heteroatoms. The predicted octanol–water partition coefficient (Wildman–Crippen LogP) is 4.15. The highest BCUT2D eigenvalue weighted by Crippen LogP contribution is 2.31. The Morgan fingerprint density at radius 3 is 2.33 bits per heavy atom. The smallest absolute Gasteiger partial charge is 0.307 e.